The summed E-state index contributed by atoms with van der Waals surface area (Å²) in [6, 6.07) is 15.8. The third-order valence-electron chi connectivity index (χ3n) is 4.66. The number of quaternary nitrogens is 2. The second-order valence-electron chi connectivity index (χ2n) is 6.24. The Morgan fingerprint density at radius 3 is 2.46 bits per heavy atom. The topological polar surface area (TPSA) is 55.4 Å². The van der Waals surface area contributed by atoms with Crippen molar-refractivity contribution in [3.63, 3.8) is 0 Å². The highest BCUT2D eigenvalue weighted by molar-refractivity contribution is 5.92. The second kappa shape index (κ2) is 7.47. The average Bonchev–Trinajstić information content (AvgIpc) is 2.64. The van der Waals surface area contributed by atoms with Gasteiger partial charge in [-0.15, -0.1) is 0 Å². The summed E-state index contributed by atoms with van der Waals surface area (Å²) in [5, 5.41) is 9.79. The van der Waals surface area contributed by atoms with Crippen LogP contribution in [0, 0.1) is 0 Å². The van der Waals surface area contributed by atoms with Gasteiger partial charge in [-0.2, -0.15) is 0 Å². The molecule has 0 saturated carbocycles. The lowest BCUT2D eigenvalue weighted by Crippen LogP contribution is -3.25. The lowest BCUT2D eigenvalue weighted by Gasteiger charge is -2.29. The fraction of sp³-hybridized carbons (Fsp3) is 0.316. The number of benzene rings is 2. The number of carbonyl (C=O) groups excluding carboxylic acids is 1. The number of carbonyl (C=O) groups is 1. The molecule has 0 aliphatic carbocycles. The van der Waals surface area contributed by atoms with Crippen LogP contribution in [0.3, 0.4) is 0 Å². The zero-order valence-electron chi connectivity index (χ0n) is 13.9. The number of para-hydroxylation sites is 1. The molecule has 5 nitrogen and oxygen atoms in total. The molecule has 0 atom stereocenters. The number of aromatic hydroxyl groups is 1. The third-order valence-corrected chi connectivity index (χ3v) is 4.66. The molecule has 0 unspecified atom stereocenters. The van der Waals surface area contributed by atoms with Crippen LogP contribution in [0.15, 0.2) is 48.5 Å². The molecule has 0 aromatic heterocycles. The molecule has 1 heterocycles. The highest BCUT2D eigenvalue weighted by Gasteiger charge is 2.24. The number of methoxy groups -OCH3 is 1. The summed E-state index contributed by atoms with van der Waals surface area (Å²) < 4.78 is 4.72. The van der Waals surface area contributed by atoms with Gasteiger partial charge >= 0.3 is 5.97 Å². The zero-order valence-corrected chi connectivity index (χ0v) is 13.9. The Bertz CT molecular complexity index is 695. The first kappa shape index (κ1) is 16.5. The maximum Gasteiger partial charge on any atom is 0.341 e. The number of rotatable bonds is 4. The van der Waals surface area contributed by atoms with Crippen molar-refractivity contribution in [2.24, 2.45) is 0 Å². The monoisotopic (exact) mass is 328 g/mol. The van der Waals surface area contributed by atoms with E-state index >= 15 is 0 Å². The van der Waals surface area contributed by atoms with E-state index < -0.39 is 5.97 Å². The van der Waals surface area contributed by atoms with Gasteiger partial charge in [0.25, 0.3) is 0 Å². The number of hydrogen-bond acceptors (Lipinski definition) is 3. The van der Waals surface area contributed by atoms with Crippen molar-refractivity contribution < 1.29 is 24.4 Å². The molecule has 0 amide bonds. The van der Waals surface area contributed by atoms with E-state index in [1.54, 1.807) is 12.1 Å². The summed E-state index contributed by atoms with van der Waals surface area (Å²) in [6.45, 7) is 5.21. The van der Waals surface area contributed by atoms with Gasteiger partial charge in [-0.25, -0.2) is 4.79 Å². The highest BCUT2D eigenvalue weighted by Crippen LogP contribution is 2.19. The zero-order chi connectivity index (χ0) is 16.9. The van der Waals surface area contributed by atoms with Crippen LogP contribution in [0.25, 0.3) is 0 Å². The summed E-state index contributed by atoms with van der Waals surface area (Å²) in [4.78, 5) is 14.7. The Morgan fingerprint density at radius 2 is 1.79 bits per heavy atom. The summed E-state index contributed by atoms with van der Waals surface area (Å²) >= 11 is 0. The van der Waals surface area contributed by atoms with Gasteiger partial charge in [0.15, 0.2) is 0 Å². The van der Waals surface area contributed by atoms with Gasteiger partial charge < -0.3 is 14.7 Å². The summed E-state index contributed by atoms with van der Waals surface area (Å²) in [6.07, 6.45) is 0. The largest absolute Gasteiger partial charge is 0.507 e. The van der Waals surface area contributed by atoms with E-state index in [4.69, 9.17) is 4.74 Å². The Morgan fingerprint density at radius 1 is 1.08 bits per heavy atom. The molecule has 1 aliphatic heterocycles. The van der Waals surface area contributed by atoms with Gasteiger partial charge in [0, 0.05) is 5.56 Å². The number of piperazine rings is 1. The first-order valence-corrected chi connectivity index (χ1v) is 8.31. The second-order valence-corrected chi connectivity index (χ2v) is 6.24. The minimum atomic E-state index is -0.498. The molecule has 2 aromatic rings. The molecule has 2 aromatic carbocycles. The standard InChI is InChI=1S/C19H22N2O3/c1-24-19(23)17-13-15(7-8-18(17)22)14-20-9-11-21(12-10-20)16-5-3-2-4-6-16/h2-8,13,22H,9-12,14H2,1H3/p+2. The fourth-order valence-electron chi connectivity index (χ4n) is 3.30. The molecule has 5 heteroatoms. The van der Waals surface area contributed by atoms with E-state index in [2.05, 4.69) is 24.3 Å². The molecule has 3 N–H and O–H groups in total. The van der Waals surface area contributed by atoms with Gasteiger partial charge in [-0.05, 0) is 30.3 Å². The van der Waals surface area contributed by atoms with Gasteiger partial charge in [-0.3, -0.25) is 4.90 Å². The summed E-state index contributed by atoms with van der Waals surface area (Å²) in [5.74, 6) is -0.526. The van der Waals surface area contributed by atoms with Crippen LogP contribution in [0.1, 0.15) is 15.9 Å². The minimum absolute atomic E-state index is 0.0288. The number of phenolic OH excluding ortho intramolecular Hbond substituents is 1. The molecule has 1 aliphatic rings. The van der Waals surface area contributed by atoms with Crippen LogP contribution in [-0.2, 0) is 11.3 Å². The molecule has 0 spiro atoms. The quantitative estimate of drug-likeness (QED) is 0.681. The molecule has 24 heavy (non-hydrogen) atoms. The van der Waals surface area contributed by atoms with E-state index in [-0.39, 0.29) is 11.3 Å². The number of hydrogen-bond donors (Lipinski definition) is 3. The molecular formula is C19H24N2O3+2. The van der Waals surface area contributed by atoms with Crippen molar-refractivity contribution in [1.29, 1.82) is 0 Å². The van der Waals surface area contributed by atoms with Gasteiger partial charge in [0.05, 0.1) is 7.11 Å². The molecule has 3 rings (SSSR count). The average molecular weight is 328 g/mol. The minimum Gasteiger partial charge on any atom is -0.507 e. The summed E-state index contributed by atoms with van der Waals surface area (Å²) in [7, 11) is 1.32. The Balaban J connectivity index is 1.61. The third kappa shape index (κ3) is 3.75. The van der Waals surface area contributed by atoms with Crippen LogP contribution in [0.2, 0.25) is 0 Å². The number of esters is 1. The van der Waals surface area contributed by atoms with Crippen molar-refractivity contribution in [3.8, 4) is 5.75 Å². The molecule has 1 fully saturated rings. The van der Waals surface area contributed by atoms with Crippen molar-refractivity contribution in [3.05, 3.63) is 59.7 Å². The van der Waals surface area contributed by atoms with Crippen molar-refractivity contribution in [2.75, 3.05) is 33.3 Å². The van der Waals surface area contributed by atoms with Crippen molar-refractivity contribution in [2.45, 2.75) is 6.54 Å². The first-order valence-electron chi connectivity index (χ1n) is 8.31. The maximum atomic E-state index is 11.7. The van der Waals surface area contributed by atoms with Crippen molar-refractivity contribution >= 4 is 11.7 Å². The van der Waals surface area contributed by atoms with E-state index in [1.807, 2.05) is 12.1 Å². The molecule has 0 bridgehead atoms. The lowest BCUT2D eigenvalue weighted by molar-refractivity contribution is -0.994. The van der Waals surface area contributed by atoms with Gasteiger partial charge in [-0.1, -0.05) is 18.2 Å². The molecular weight excluding hydrogens is 304 g/mol. The van der Waals surface area contributed by atoms with E-state index in [9.17, 15) is 9.90 Å². The molecule has 0 radical (unpaired) electrons. The van der Waals surface area contributed by atoms with Gasteiger partial charge in [0.2, 0.25) is 0 Å². The van der Waals surface area contributed by atoms with Crippen LogP contribution in [0.4, 0.5) is 5.69 Å². The predicted molar refractivity (Wildman–Crippen MR) is 90.6 cm³/mol. The van der Waals surface area contributed by atoms with Gasteiger partial charge in [0.1, 0.15) is 49.7 Å². The van der Waals surface area contributed by atoms with Crippen molar-refractivity contribution in [1.82, 2.24) is 0 Å². The number of nitrogens with one attached hydrogen (secondary N) is 2. The van der Waals surface area contributed by atoms with Crippen LogP contribution >= 0.6 is 0 Å². The normalized spacial score (nSPS) is 20.5. The van der Waals surface area contributed by atoms with E-state index in [0.29, 0.717) is 0 Å². The maximum absolute atomic E-state index is 11.7. The van der Waals surface area contributed by atoms with E-state index in [0.717, 1.165) is 38.3 Å². The summed E-state index contributed by atoms with van der Waals surface area (Å²) in [5.41, 5.74) is 2.64. The van der Waals surface area contributed by atoms with E-state index in [1.165, 1.54) is 22.6 Å². The highest BCUT2D eigenvalue weighted by atomic mass is 16.5. The van der Waals surface area contributed by atoms with Crippen LogP contribution in [-0.4, -0.2) is 44.4 Å². The Kier molecular flexibility index (Phi) is 5.13. The Labute approximate surface area is 142 Å². The SMILES string of the molecule is COC(=O)c1cc(C[NH+]2CC[NH+](c3ccccc3)CC2)ccc1O. The number of ether oxygens (including phenoxy) is 1. The van der Waals surface area contributed by atoms with Crippen LogP contribution in [0.5, 0.6) is 5.75 Å². The van der Waals surface area contributed by atoms with Crippen LogP contribution < -0.4 is 9.80 Å². The predicted octanol–water partition coefficient (Wildman–Crippen LogP) is -0.206. The smallest absolute Gasteiger partial charge is 0.341 e. The Hall–Kier alpha value is -2.37. The molecule has 126 valence electrons. The fourth-order valence-corrected chi connectivity index (χ4v) is 3.30. The number of phenols is 1. The molecule has 1 saturated heterocycles. The first-order chi connectivity index (χ1) is 11.7. The lowest BCUT2D eigenvalue weighted by atomic mass is 10.1.